The monoisotopic (exact) mass is 284 g/mol. The molecule has 0 spiro atoms. The molecule has 0 aromatic carbocycles. The van der Waals surface area contributed by atoms with E-state index in [9.17, 15) is 4.57 Å². The fraction of sp³-hybridized carbons (Fsp3) is 1.00. The van der Waals surface area contributed by atoms with Crippen molar-refractivity contribution in [2.45, 2.75) is 51.4 Å². The van der Waals surface area contributed by atoms with E-state index in [4.69, 9.17) is 15.5 Å². The van der Waals surface area contributed by atoms with Crippen LogP contribution in [0.1, 0.15) is 51.4 Å². The molecule has 7 N–H and O–H groups in total. The van der Waals surface area contributed by atoms with E-state index in [1.165, 1.54) is 32.1 Å². The molecule has 0 saturated heterocycles. The molecule has 0 unspecified atom stereocenters. The summed E-state index contributed by atoms with van der Waals surface area (Å²) in [5.74, 6) is 0. The number of hydrogen-bond acceptors (Lipinski definition) is 3. The zero-order valence-corrected chi connectivity index (χ0v) is 12.0. The van der Waals surface area contributed by atoms with Crippen molar-refractivity contribution < 1.29 is 19.8 Å². The normalized spacial score (nSPS) is 11.3. The standard InChI is InChI=1S/C11H27N2O3P.H2O/c12-9-7-5-3-1-2-4-6-8-10-13-11-17(14,15)16;/h13H,1-12H2,(H2,14,15,16);1H2. The minimum Gasteiger partial charge on any atom is -0.412 e. The highest BCUT2D eigenvalue weighted by Gasteiger charge is 2.10. The maximum absolute atomic E-state index is 10.5. The molecule has 0 bridgehead atoms. The molecule has 6 nitrogen and oxygen atoms in total. The van der Waals surface area contributed by atoms with Crippen molar-refractivity contribution >= 4 is 7.60 Å². The maximum atomic E-state index is 10.5. The van der Waals surface area contributed by atoms with Gasteiger partial charge in [0.25, 0.3) is 0 Å². The highest BCUT2D eigenvalue weighted by atomic mass is 31.2. The molecule has 0 heterocycles. The summed E-state index contributed by atoms with van der Waals surface area (Å²) >= 11 is 0. The predicted molar refractivity (Wildman–Crippen MR) is 74.5 cm³/mol. The number of unbranched alkanes of at least 4 members (excludes halogenated alkanes) is 7. The summed E-state index contributed by atoms with van der Waals surface area (Å²) in [6, 6.07) is 0. The lowest BCUT2D eigenvalue weighted by Crippen LogP contribution is -2.16. The Labute approximate surface area is 110 Å². The highest BCUT2D eigenvalue weighted by molar-refractivity contribution is 7.51. The van der Waals surface area contributed by atoms with Gasteiger partial charge in [-0.15, -0.1) is 0 Å². The minimum absolute atomic E-state index is 0. The first kappa shape index (κ1) is 20.3. The van der Waals surface area contributed by atoms with Crippen LogP contribution in [-0.2, 0) is 4.57 Å². The van der Waals surface area contributed by atoms with Gasteiger partial charge in [-0.3, -0.25) is 4.57 Å². The molecule has 0 amide bonds. The van der Waals surface area contributed by atoms with Gasteiger partial charge in [-0.05, 0) is 25.9 Å². The van der Waals surface area contributed by atoms with Gasteiger partial charge >= 0.3 is 7.60 Å². The van der Waals surface area contributed by atoms with E-state index in [1.807, 2.05) is 0 Å². The van der Waals surface area contributed by atoms with Crippen LogP contribution < -0.4 is 11.1 Å². The lowest BCUT2D eigenvalue weighted by atomic mass is 10.1. The van der Waals surface area contributed by atoms with E-state index in [0.29, 0.717) is 6.54 Å². The molecule has 0 rings (SSSR count). The molecule has 0 aliphatic carbocycles. The summed E-state index contributed by atoms with van der Waals surface area (Å²) in [6.07, 6.45) is 9.29. The van der Waals surface area contributed by atoms with Crippen molar-refractivity contribution in [1.82, 2.24) is 5.32 Å². The van der Waals surface area contributed by atoms with Crippen LogP contribution in [-0.4, -0.2) is 34.6 Å². The molecule has 0 saturated carbocycles. The Balaban J connectivity index is 0. The lowest BCUT2D eigenvalue weighted by Gasteiger charge is -2.06. The van der Waals surface area contributed by atoms with Gasteiger partial charge in [-0.1, -0.05) is 38.5 Å². The molecule has 0 atom stereocenters. The van der Waals surface area contributed by atoms with Crippen LogP contribution in [0.2, 0.25) is 0 Å². The quantitative estimate of drug-likeness (QED) is 0.313. The fourth-order valence-corrected chi connectivity index (χ4v) is 2.13. The highest BCUT2D eigenvalue weighted by Crippen LogP contribution is 2.31. The Morgan fingerprint density at radius 3 is 1.78 bits per heavy atom. The molecule has 7 heteroatoms. The van der Waals surface area contributed by atoms with Crippen LogP contribution in [0.5, 0.6) is 0 Å². The Morgan fingerprint density at radius 2 is 1.33 bits per heavy atom. The second-order valence-corrected chi connectivity index (χ2v) is 6.09. The molecular weight excluding hydrogens is 255 g/mol. The first-order chi connectivity index (χ1) is 8.06. The van der Waals surface area contributed by atoms with Gasteiger partial charge in [-0.2, -0.15) is 0 Å². The van der Waals surface area contributed by atoms with E-state index in [2.05, 4.69) is 5.32 Å². The maximum Gasteiger partial charge on any atom is 0.339 e. The number of nitrogens with two attached hydrogens (primary N) is 1. The first-order valence-corrected chi connectivity index (χ1v) is 8.31. The summed E-state index contributed by atoms with van der Waals surface area (Å²) in [5.41, 5.74) is 5.41. The predicted octanol–water partition coefficient (Wildman–Crippen LogP) is 0.966. The van der Waals surface area contributed by atoms with Gasteiger partial charge in [0.2, 0.25) is 0 Å². The number of hydrogen-bond donors (Lipinski definition) is 4. The first-order valence-electron chi connectivity index (χ1n) is 6.51. The van der Waals surface area contributed by atoms with Crippen molar-refractivity contribution in [3.63, 3.8) is 0 Å². The smallest absolute Gasteiger partial charge is 0.339 e. The molecule has 112 valence electrons. The molecule has 0 aromatic rings. The largest absolute Gasteiger partial charge is 0.412 e. The third-order valence-corrected chi connectivity index (χ3v) is 3.26. The van der Waals surface area contributed by atoms with Gasteiger partial charge in [0, 0.05) is 0 Å². The van der Waals surface area contributed by atoms with Crippen molar-refractivity contribution in [3.05, 3.63) is 0 Å². The lowest BCUT2D eigenvalue weighted by molar-refractivity contribution is 0.367. The molecule has 0 aliphatic heterocycles. The number of rotatable bonds is 12. The Morgan fingerprint density at radius 1 is 0.889 bits per heavy atom. The summed E-state index contributed by atoms with van der Waals surface area (Å²) in [5, 5.41) is 2.77. The summed E-state index contributed by atoms with van der Waals surface area (Å²) < 4.78 is 10.5. The molecule has 0 radical (unpaired) electrons. The minimum atomic E-state index is -3.86. The topological polar surface area (TPSA) is 127 Å². The molecule has 0 aliphatic rings. The second-order valence-electron chi connectivity index (χ2n) is 4.44. The van der Waals surface area contributed by atoms with Crippen LogP contribution >= 0.6 is 7.60 Å². The summed E-state index contributed by atoms with van der Waals surface area (Å²) in [4.78, 5) is 17.2. The van der Waals surface area contributed by atoms with Crippen LogP contribution in [0, 0.1) is 0 Å². The van der Waals surface area contributed by atoms with Crippen LogP contribution in [0.15, 0.2) is 0 Å². The zero-order chi connectivity index (χ0) is 13.0. The van der Waals surface area contributed by atoms with Crippen LogP contribution in [0.4, 0.5) is 0 Å². The van der Waals surface area contributed by atoms with Crippen molar-refractivity contribution in [2.75, 3.05) is 19.4 Å². The van der Waals surface area contributed by atoms with Gasteiger partial charge in [0.05, 0.1) is 6.29 Å². The van der Waals surface area contributed by atoms with Gasteiger partial charge in [0.15, 0.2) is 0 Å². The molecule has 0 aromatic heterocycles. The number of nitrogens with one attached hydrogen (secondary N) is 1. The van der Waals surface area contributed by atoms with Gasteiger partial charge in [0.1, 0.15) is 0 Å². The molecule has 18 heavy (non-hydrogen) atoms. The zero-order valence-electron chi connectivity index (χ0n) is 11.1. The van der Waals surface area contributed by atoms with E-state index in [-0.39, 0.29) is 11.8 Å². The Bertz CT molecular complexity index is 211. The molecular formula is C11H29N2O4P. The van der Waals surface area contributed by atoms with E-state index < -0.39 is 7.60 Å². The van der Waals surface area contributed by atoms with Gasteiger partial charge < -0.3 is 26.3 Å². The van der Waals surface area contributed by atoms with Crippen LogP contribution in [0.25, 0.3) is 0 Å². The van der Waals surface area contributed by atoms with Crippen molar-refractivity contribution in [3.8, 4) is 0 Å². The van der Waals surface area contributed by atoms with E-state index in [0.717, 1.165) is 25.8 Å². The summed E-state index contributed by atoms with van der Waals surface area (Å²) in [6.45, 7) is 1.49. The van der Waals surface area contributed by atoms with Crippen molar-refractivity contribution in [1.29, 1.82) is 0 Å². The fourth-order valence-electron chi connectivity index (χ4n) is 1.68. The average molecular weight is 284 g/mol. The second kappa shape index (κ2) is 13.5. The van der Waals surface area contributed by atoms with Crippen molar-refractivity contribution in [2.24, 2.45) is 5.73 Å². The molecule has 0 fully saturated rings. The Kier molecular flexibility index (Phi) is 15.2. The van der Waals surface area contributed by atoms with Crippen LogP contribution in [0.3, 0.4) is 0 Å². The third kappa shape index (κ3) is 18.4. The van der Waals surface area contributed by atoms with Gasteiger partial charge in [-0.25, -0.2) is 0 Å². The average Bonchev–Trinajstić information content (AvgIpc) is 2.24. The summed E-state index contributed by atoms with van der Waals surface area (Å²) in [7, 11) is -3.86. The van der Waals surface area contributed by atoms with E-state index >= 15 is 0 Å². The third-order valence-electron chi connectivity index (χ3n) is 2.63. The Hall–Kier alpha value is 0.0300. The SMILES string of the molecule is NCCCCCCCCCCNCP(=O)(O)O.O. The van der Waals surface area contributed by atoms with E-state index in [1.54, 1.807) is 0 Å².